The molecule has 2 aliphatic rings. The van der Waals surface area contributed by atoms with E-state index in [9.17, 15) is 14.4 Å². The molecule has 5 rings (SSSR count). The summed E-state index contributed by atoms with van der Waals surface area (Å²) in [5.74, 6) is 0.609. The maximum absolute atomic E-state index is 13.5. The minimum absolute atomic E-state index is 0.205. The SMILES string of the molecule is COCCn1cnc2c1c(=O)n(CC(=O)N1CCN(CC3CC3)CC1)c(=O)n2Cc1ccccc1. The third kappa shape index (κ3) is 5.08. The minimum atomic E-state index is -0.524. The fourth-order valence-electron chi connectivity index (χ4n) is 4.73. The van der Waals surface area contributed by atoms with Crippen molar-refractivity contribution < 1.29 is 9.53 Å². The second kappa shape index (κ2) is 10.2. The molecule has 0 spiro atoms. The summed E-state index contributed by atoms with van der Waals surface area (Å²) in [6.45, 7) is 4.80. The van der Waals surface area contributed by atoms with Crippen LogP contribution in [0.5, 0.6) is 0 Å². The van der Waals surface area contributed by atoms with E-state index < -0.39 is 11.2 Å². The summed E-state index contributed by atoms with van der Waals surface area (Å²) in [6, 6.07) is 9.55. The van der Waals surface area contributed by atoms with Gasteiger partial charge in [-0.1, -0.05) is 30.3 Å². The molecule has 1 saturated heterocycles. The van der Waals surface area contributed by atoms with Crippen LogP contribution in [0, 0.1) is 5.92 Å². The first-order valence-electron chi connectivity index (χ1n) is 12.3. The van der Waals surface area contributed by atoms with Gasteiger partial charge in [-0.05, 0) is 24.3 Å². The number of imidazole rings is 1. The molecule has 0 bridgehead atoms. The smallest absolute Gasteiger partial charge is 0.333 e. The van der Waals surface area contributed by atoms with E-state index in [0.29, 0.717) is 37.4 Å². The molecule has 0 unspecified atom stereocenters. The van der Waals surface area contributed by atoms with Crippen molar-refractivity contribution in [2.45, 2.75) is 32.5 Å². The molecule has 1 aromatic carbocycles. The Hall–Kier alpha value is -3.24. The van der Waals surface area contributed by atoms with Gasteiger partial charge >= 0.3 is 5.69 Å². The molecular weight excluding hydrogens is 448 g/mol. The third-order valence-corrected chi connectivity index (χ3v) is 6.94. The fraction of sp³-hybridized carbons (Fsp3) is 0.520. The molecule has 1 aliphatic carbocycles. The highest BCUT2D eigenvalue weighted by Crippen LogP contribution is 2.29. The van der Waals surface area contributed by atoms with Crippen molar-refractivity contribution in [3.05, 3.63) is 63.1 Å². The Morgan fingerprint density at radius 3 is 2.49 bits per heavy atom. The largest absolute Gasteiger partial charge is 0.383 e. The molecule has 186 valence electrons. The predicted molar refractivity (Wildman–Crippen MR) is 131 cm³/mol. The highest BCUT2D eigenvalue weighted by atomic mass is 16.5. The lowest BCUT2D eigenvalue weighted by atomic mass is 10.2. The molecular formula is C25H32N6O4. The number of methoxy groups -OCH3 is 1. The number of aromatic nitrogens is 4. The molecule has 10 heteroatoms. The van der Waals surface area contributed by atoms with Gasteiger partial charge in [0.15, 0.2) is 11.2 Å². The van der Waals surface area contributed by atoms with Crippen molar-refractivity contribution in [3.8, 4) is 0 Å². The Kier molecular flexibility index (Phi) is 6.83. The molecule has 3 heterocycles. The van der Waals surface area contributed by atoms with E-state index in [1.165, 1.54) is 17.4 Å². The van der Waals surface area contributed by atoms with Gasteiger partial charge in [-0.15, -0.1) is 0 Å². The highest BCUT2D eigenvalue weighted by molar-refractivity contribution is 5.77. The number of hydrogen-bond acceptors (Lipinski definition) is 6. The molecule has 3 aromatic rings. The van der Waals surface area contributed by atoms with Gasteiger partial charge < -0.3 is 14.2 Å². The molecule has 0 N–H and O–H groups in total. The molecule has 0 radical (unpaired) electrons. The number of nitrogens with zero attached hydrogens (tertiary/aromatic N) is 6. The highest BCUT2D eigenvalue weighted by Gasteiger charge is 2.28. The summed E-state index contributed by atoms with van der Waals surface area (Å²) in [4.78, 5) is 48.7. The quantitative estimate of drug-likeness (QED) is 0.446. The van der Waals surface area contributed by atoms with Crippen LogP contribution in [0.25, 0.3) is 11.2 Å². The number of carbonyl (C=O) groups is 1. The molecule has 2 aromatic heterocycles. The summed E-state index contributed by atoms with van der Waals surface area (Å²) in [5, 5.41) is 0. The van der Waals surface area contributed by atoms with Crippen molar-refractivity contribution in [2.24, 2.45) is 5.92 Å². The number of hydrogen-bond donors (Lipinski definition) is 0. The first kappa shape index (κ1) is 23.5. The predicted octanol–water partition coefficient (Wildman–Crippen LogP) is 0.609. The van der Waals surface area contributed by atoms with Gasteiger partial charge in [0.2, 0.25) is 5.91 Å². The van der Waals surface area contributed by atoms with Crippen LogP contribution in [0.3, 0.4) is 0 Å². The van der Waals surface area contributed by atoms with Gasteiger partial charge in [0.05, 0.1) is 19.5 Å². The standard InChI is InChI=1S/C25H32N6O4/c1-35-14-13-29-18-26-23-22(29)24(33)31(25(34)30(23)16-19-5-3-2-4-6-19)17-21(32)28-11-9-27(10-12-28)15-20-7-8-20/h2-6,18,20H,7-17H2,1H3. The Morgan fingerprint density at radius 1 is 1.06 bits per heavy atom. The summed E-state index contributed by atoms with van der Waals surface area (Å²) < 4.78 is 9.41. The number of fused-ring (bicyclic) bond motifs is 1. The van der Waals surface area contributed by atoms with E-state index in [-0.39, 0.29) is 19.0 Å². The average Bonchev–Trinajstić information content (AvgIpc) is 3.59. The van der Waals surface area contributed by atoms with Crippen LogP contribution in [0.15, 0.2) is 46.2 Å². The van der Waals surface area contributed by atoms with Crippen LogP contribution in [0.1, 0.15) is 18.4 Å². The summed E-state index contributed by atoms with van der Waals surface area (Å²) in [6.07, 6.45) is 4.17. The van der Waals surface area contributed by atoms with Crippen LogP contribution in [0.4, 0.5) is 0 Å². The third-order valence-electron chi connectivity index (χ3n) is 6.94. The van der Waals surface area contributed by atoms with E-state index >= 15 is 0 Å². The van der Waals surface area contributed by atoms with Crippen molar-refractivity contribution in [1.29, 1.82) is 0 Å². The Bertz CT molecular complexity index is 1300. The average molecular weight is 481 g/mol. The monoisotopic (exact) mass is 480 g/mol. The van der Waals surface area contributed by atoms with Crippen LogP contribution >= 0.6 is 0 Å². The van der Waals surface area contributed by atoms with Crippen molar-refractivity contribution in [2.75, 3.05) is 46.4 Å². The number of benzene rings is 1. The van der Waals surface area contributed by atoms with Gasteiger partial charge in [0.1, 0.15) is 6.54 Å². The van der Waals surface area contributed by atoms with Gasteiger partial charge in [-0.2, -0.15) is 0 Å². The van der Waals surface area contributed by atoms with E-state index in [2.05, 4.69) is 9.88 Å². The zero-order valence-electron chi connectivity index (χ0n) is 20.1. The Labute approximate surface area is 203 Å². The van der Waals surface area contributed by atoms with Crippen LogP contribution in [0.2, 0.25) is 0 Å². The topological polar surface area (TPSA) is 94.6 Å². The summed E-state index contributed by atoms with van der Waals surface area (Å²) in [5.41, 5.74) is 0.510. The molecule has 0 atom stereocenters. The van der Waals surface area contributed by atoms with E-state index in [0.717, 1.165) is 35.7 Å². The molecule has 1 saturated carbocycles. The number of amides is 1. The van der Waals surface area contributed by atoms with Crippen molar-refractivity contribution >= 4 is 17.1 Å². The van der Waals surface area contributed by atoms with Crippen LogP contribution < -0.4 is 11.2 Å². The minimum Gasteiger partial charge on any atom is -0.383 e. The number of ether oxygens (including phenoxy) is 1. The molecule has 1 amide bonds. The maximum Gasteiger partial charge on any atom is 0.333 e. The lowest BCUT2D eigenvalue weighted by Crippen LogP contribution is -2.51. The molecule has 35 heavy (non-hydrogen) atoms. The zero-order chi connectivity index (χ0) is 24.4. The van der Waals surface area contributed by atoms with E-state index in [1.54, 1.807) is 22.9 Å². The Balaban J connectivity index is 1.45. The number of carbonyl (C=O) groups excluding carboxylic acids is 1. The summed E-state index contributed by atoms with van der Waals surface area (Å²) >= 11 is 0. The second-order valence-electron chi connectivity index (χ2n) is 9.47. The second-order valence-corrected chi connectivity index (χ2v) is 9.47. The van der Waals surface area contributed by atoms with Crippen LogP contribution in [-0.4, -0.2) is 80.8 Å². The lowest BCUT2D eigenvalue weighted by Gasteiger charge is -2.34. The van der Waals surface area contributed by atoms with Gasteiger partial charge in [-0.3, -0.25) is 19.1 Å². The molecule has 1 aliphatic heterocycles. The first-order valence-corrected chi connectivity index (χ1v) is 12.3. The fourth-order valence-corrected chi connectivity index (χ4v) is 4.73. The number of piperazine rings is 1. The van der Waals surface area contributed by atoms with Gasteiger partial charge in [-0.25, -0.2) is 14.3 Å². The van der Waals surface area contributed by atoms with Gasteiger partial charge in [0, 0.05) is 46.4 Å². The lowest BCUT2D eigenvalue weighted by molar-refractivity contribution is -0.133. The van der Waals surface area contributed by atoms with Crippen LogP contribution in [-0.2, 0) is 29.2 Å². The molecule has 10 nitrogen and oxygen atoms in total. The van der Waals surface area contributed by atoms with Gasteiger partial charge in [0.25, 0.3) is 5.56 Å². The van der Waals surface area contributed by atoms with E-state index in [4.69, 9.17) is 4.74 Å². The zero-order valence-corrected chi connectivity index (χ0v) is 20.1. The van der Waals surface area contributed by atoms with Crippen molar-refractivity contribution in [1.82, 2.24) is 28.5 Å². The van der Waals surface area contributed by atoms with Crippen molar-refractivity contribution in [3.63, 3.8) is 0 Å². The normalized spacial score (nSPS) is 16.8. The van der Waals surface area contributed by atoms with E-state index in [1.807, 2.05) is 30.3 Å². The number of rotatable bonds is 9. The molecule has 2 fully saturated rings. The summed E-state index contributed by atoms with van der Waals surface area (Å²) in [7, 11) is 1.59. The maximum atomic E-state index is 13.5. The first-order chi connectivity index (χ1) is 17.0. The Morgan fingerprint density at radius 2 is 1.80 bits per heavy atom.